The zero-order valence-electron chi connectivity index (χ0n) is 17.0. The molecule has 170 valence electrons. The van der Waals surface area contributed by atoms with Gasteiger partial charge < -0.3 is 14.5 Å². The lowest BCUT2D eigenvalue weighted by molar-refractivity contribution is 0.201. The predicted octanol–water partition coefficient (Wildman–Crippen LogP) is 2.59. The van der Waals surface area contributed by atoms with Gasteiger partial charge in [0.1, 0.15) is 12.3 Å². The fraction of sp³-hybridized carbons (Fsp3) is 0.200. The highest BCUT2D eigenvalue weighted by molar-refractivity contribution is 7.90. The summed E-state index contributed by atoms with van der Waals surface area (Å²) in [7, 11) is -1.23. The van der Waals surface area contributed by atoms with Crippen molar-refractivity contribution in [1.29, 1.82) is 0 Å². The quantitative estimate of drug-likeness (QED) is 0.459. The van der Waals surface area contributed by atoms with E-state index in [1.165, 1.54) is 26.2 Å². The molecule has 3 rings (SSSR count). The van der Waals surface area contributed by atoms with Gasteiger partial charge in [-0.2, -0.15) is 8.42 Å². The van der Waals surface area contributed by atoms with Crippen molar-refractivity contribution in [3.8, 4) is 5.75 Å². The van der Waals surface area contributed by atoms with Crippen molar-refractivity contribution >= 4 is 33.0 Å². The molecular formula is C20H19F2N3O6S. The average Bonchev–Trinajstić information content (AvgIpc) is 2.75. The number of nitrogens with one attached hydrogen (secondary N) is 3. The first kappa shape index (κ1) is 23.2. The van der Waals surface area contributed by atoms with Gasteiger partial charge in [-0.1, -0.05) is 12.1 Å². The van der Waals surface area contributed by atoms with E-state index in [0.29, 0.717) is 5.56 Å². The minimum Gasteiger partial charge on any atom is -0.422 e. The molecule has 0 bridgehead atoms. The van der Waals surface area contributed by atoms with Crippen LogP contribution in [0.25, 0.3) is 11.0 Å². The standard InChI is InChI=1S/C20H19F2N3O6S/c1-23-20(27)31-18-9-17-13(8-16(18)22)15(10-21)14(19(26)30-17)7-11-4-3-5-12(6-11)25-32(28,29)24-2/h3-6,8-9,24-25H,7,10H2,1-2H3,(H,23,27). The molecule has 3 aromatic rings. The number of fused-ring (bicyclic) bond motifs is 1. The van der Waals surface area contributed by atoms with E-state index < -0.39 is 40.2 Å². The van der Waals surface area contributed by atoms with Gasteiger partial charge in [0.15, 0.2) is 11.6 Å². The molecule has 12 heteroatoms. The smallest absolute Gasteiger partial charge is 0.412 e. The van der Waals surface area contributed by atoms with Gasteiger partial charge in [0, 0.05) is 43.1 Å². The first-order chi connectivity index (χ1) is 15.2. The minimum absolute atomic E-state index is 0.0101. The summed E-state index contributed by atoms with van der Waals surface area (Å²) in [5.41, 5.74) is -0.421. The summed E-state index contributed by atoms with van der Waals surface area (Å²) in [6, 6.07) is 8.07. The Morgan fingerprint density at radius 2 is 1.91 bits per heavy atom. The van der Waals surface area contributed by atoms with Crippen LogP contribution in [0.1, 0.15) is 16.7 Å². The SMILES string of the molecule is CNC(=O)Oc1cc2oc(=O)c(Cc3cccc(NS(=O)(=O)NC)c3)c(CF)c2cc1F. The van der Waals surface area contributed by atoms with Crippen LogP contribution in [0.3, 0.4) is 0 Å². The molecule has 0 unspecified atom stereocenters. The lowest BCUT2D eigenvalue weighted by Crippen LogP contribution is -2.26. The number of rotatable bonds is 7. The zero-order chi connectivity index (χ0) is 23.5. The molecule has 0 aliphatic rings. The molecular weight excluding hydrogens is 448 g/mol. The Morgan fingerprint density at radius 3 is 2.56 bits per heavy atom. The third kappa shape index (κ3) is 5.03. The van der Waals surface area contributed by atoms with Crippen LogP contribution in [0.4, 0.5) is 19.3 Å². The van der Waals surface area contributed by atoms with E-state index in [-0.39, 0.29) is 34.2 Å². The normalized spacial score (nSPS) is 11.4. The monoisotopic (exact) mass is 467 g/mol. The van der Waals surface area contributed by atoms with Crippen LogP contribution in [0.15, 0.2) is 45.6 Å². The van der Waals surface area contributed by atoms with Crippen molar-refractivity contribution in [2.75, 3.05) is 18.8 Å². The van der Waals surface area contributed by atoms with Crippen molar-refractivity contribution in [2.24, 2.45) is 0 Å². The molecule has 0 radical (unpaired) electrons. The van der Waals surface area contributed by atoms with Crippen LogP contribution >= 0.6 is 0 Å². The van der Waals surface area contributed by atoms with Crippen LogP contribution < -0.4 is 25.1 Å². The van der Waals surface area contributed by atoms with Crippen LogP contribution in [-0.2, 0) is 23.3 Å². The van der Waals surface area contributed by atoms with E-state index >= 15 is 0 Å². The van der Waals surface area contributed by atoms with Gasteiger partial charge in [-0.3, -0.25) is 4.72 Å². The number of carbonyl (C=O) groups is 1. The fourth-order valence-electron chi connectivity index (χ4n) is 3.02. The number of hydrogen-bond donors (Lipinski definition) is 3. The van der Waals surface area contributed by atoms with Crippen molar-refractivity contribution in [3.63, 3.8) is 0 Å². The predicted molar refractivity (Wildman–Crippen MR) is 113 cm³/mol. The van der Waals surface area contributed by atoms with Gasteiger partial charge in [0.05, 0.1) is 5.69 Å². The Kier molecular flexibility index (Phi) is 6.75. The first-order valence-corrected chi connectivity index (χ1v) is 10.7. The molecule has 1 aromatic heterocycles. The van der Waals surface area contributed by atoms with E-state index in [0.717, 1.165) is 12.1 Å². The molecule has 2 aromatic carbocycles. The molecule has 1 heterocycles. The van der Waals surface area contributed by atoms with Crippen molar-refractivity contribution < 1.29 is 31.1 Å². The second-order valence-corrected chi connectivity index (χ2v) is 8.20. The third-order valence-electron chi connectivity index (χ3n) is 4.54. The number of amides is 1. The molecule has 0 atom stereocenters. The Bertz CT molecular complexity index is 1340. The van der Waals surface area contributed by atoms with Gasteiger partial charge in [-0.05, 0) is 23.8 Å². The summed E-state index contributed by atoms with van der Waals surface area (Å²) < 4.78 is 66.1. The lowest BCUT2D eigenvalue weighted by Gasteiger charge is -2.12. The highest BCUT2D eigenvalue weighted by Crippen LogP contribution is 2.29. The molecule has 1 amide bonds. The van der Waals surface area contributed by atoms with Gasteiger partial charge in [0.25, 0.3) is 10.2 Å². The molecule has 0 spiro atoms. The van der Waals surface area contributed by atoms with Gasteiger partial charge in [-0.15, -0.1) is 0 Å². The van der Waals surface area contributed by atoms with Crippen LogP contribution in [0.5, 0.6) is 5.75 Å². The van der Waals surface area contributed by atoms with E-state index in [2.05, 4.69) is 14.8 Å². The Morgan fingerprint density at radius 1 is 1.16 bits per heavy atom. The second kappa shape index (κ2) is 9.32. The molecule has 0 fully saturated rings. The number of ether oxygens (including phenoxy) is 1. The number of benzene rings is 2. The molecule has 0 aliphatic carbocycles. The Hall–Kier alpha value is -3.51. The Balaban J connectivity index is 2.04. The topological polar surface area (TPSA) is 127 Å². The maximum atomic E-state index is 14.4. The molecule has 0 saturated heterocycles. The summed E-state index contributed by atoms with van der Waals surface area (Å²) in [5, 5.41) is 2.16. The minimum atomic E-state index is -3.75. The van der Waals surface area contributed by atoms with Gasteiger partial charge >= 0.3 is 11.7 Å². The number of hydrogen-bond acceptors (Lipinski definition) is 6. The molecule has 3 N–H and O–H groups in total. The summed E-state index contributed by atoms with van der Waals surface area (Å²) in [6.45, 7) is -1.08. The summed E-state index contributed by atoms with van der Waals surface area (Å²) in [6.07, 6.45) is -1.02. The zero-order valence-corrected chi connectivity index (χ0v) is 17.8. The van der Waals surface area contributed by atoms with Crippen LogP contribution in [-0.4, -0.2) is 28.6 Å². The molecule has 32 heavy (non-hydrogen) atoms. The van der Waals surface area contributed by atoms with E-state index in [1.807, 2.05) is 0 Å². The van der Waals surface area contributed by atoms with E-state index in [4.69, 9.17) is 9.15 Å². The number of alkyl halides is 1. The van der Waals surface area contributed by atoms with Crippen molar-refractivity contribution in [1.82, 2.24) is 10.0 Å². The van der Waals surface area contributed by atoms with Crippen LogP contribution in [0, 0.1) is 5.82 Å². The summed E-state index contributed by atoms with van der Waals surface area (Å²) in [5.74, 6) is -1.43. The number of carbonyl (C=O) groups excluding carboxylic acids is 1. The summed E-state index contributed by atoms with van der Waals surface area (Å²) in [4.78, 5) is 23.9. The van der Waals surface area contributed by atoms with E-state index in [9.17, 15) is 26.8 Å². The molecule has 0 aliphatic heterocycles. The summed E-state index contributed by atoms with van der Waals surface area (Å²) >= 11 is 0. The maximum absolute atomic E-state index is 14.4. The van der Waals surface area contributed by atoms with Gasteiger partial charge in [-0.25, -0.2) is 23.1 Å². The number of halogens is 2. The Labute approximate surface area is 181 Å². The first-order valence-electron chi connectivity index (χ1n) is 9.21. The van der Waals surface area contributed by atoms with Crippen molar-refractivity contribution in [2.45, 2.75) is 13.1 Å². The lowest BCUT2D eigenvalue weighted by atomic mass is 9.99. The highest BCUT2D eigenvalue weighted by Gasteiger charge is 2.19. The second-order valence-electron chi connectivity index (χ2n) is 6.59. The number of anilines is 1. The van der Waals surface area contributed by atoms with Crippen LogP contribution in [0.2, 0.25) is 0 Å². The average molecular weight is 467 g/mol. The third-order valence-corrected chi connectivity index (χ3v) is 5.58. The fourth-order valence-corrected chi connectivity index (χ4v) is 3.56. The largest absolute Gasteiger partial charge is 0.422 e. The highest BCUT2D eigenvalue weighted by atomic mass is 32.2. The van der Waals surface area contributed by atoms with E-state index in [1.54, 1.807) is 12.1 Å². The van der Waals surface area contributed by atoms with Gasteiger partial charge in [0.2, 0.25) is 0 Å². The maximum Gasteiger partial charge on any atom is 0.412 e. The molecule has 0 saturated carbocycles. The molecule has 9 nitrogen and oxygen atoms in total. The van der Waals surface area contributed by atoms with Crippen molar-refractivity contribution in [3.05, 3.63) is 69.3 Å².